The maximum absolute atomic E-state index is 13.2. The Bertz CT molecular complexity index is 1280. The number of carbonyl (C=O) groups is 2. The Morgan fingerprint density at radius 2 is 1.76 bits per heavy atom. The Kier molecular flexibility index (Phi) is 7.34. The molecule has 3 heterocycles. The first-order valence-corrected chi connectivity index (χ1v) is 13.1. The lowest BCUT2D eigenvalue weighted by molar-refractivity contribution is -0.136. The highest BCUT2D eigenvalue weighted by Gasteiger charge is 2.41. The van der Waals surface area contributed by atoms with Gasteiger partial charge in [-0.2, -0.15) is 0 Å². The van der Waals surface area contributed by atoms with Crippen LogP contribution in [0, 0.1) is 0 Å². The minimum atomic E-state index is -0.499. The summed E-state index contributed by atoms with van der Waals surface area (Å²) in [4.78, 5) is 37.1. The van der Waals surface area contributed by atoms with E-state index < -0.39 is 12.0 Å². The van der Waals surface area contributed by atoms with Crippen LogP contribution in [-0.4, -0.2) is 72.1 Å². The lowest BCUT2D eigenvalue weighted by Crippen LogP contribution is -2.47. The second-order valence-electron chi connectivity index (χ2n) is 9.23. The topological polar surface area (TPSA) is 74.7 Å². The first kappa shape index (κ1) is 25.1. The summed E-state index contributed by atoms with van der Waals surface area (Å²) in [7, 11) is 3.44. The molecule has 0 bridgehead atoms. The summed E-state index contributed by atoms with van der Waals surface area (Å²) >= 11 is 1.47. The van der Waals surface area contributed by atoms with E-state index in [1.165, 1.54) is 18.9 Å². The normalized spacial score (nSPS) is 19.8. The van der Waals surface area contributed by atoms with Crippen LogP contribution in [-0.2, 0) is 14.3 Å². The predicted molar refractivity (Wildman–Crippen MR) is 144 cm³/mol. The van der Waals surface area contributed by atoms with Gasteiger partial charge in [0.2, 0.25) is 5.91 Å². The van der Waals surface area contributed by atoms with E-state index in [1.54, 1.807) is 0 Å². The number of hydrogen-bond donors (Lipinski definition) is 0. The number of carbonyl (C=O) groups excluding carboxylic acids is 2. The number of para-hydroxylation sites is 1. The van der Waals surface area contributed by atoms with Crippen molar-refractivity contribution in [1.82, 2.24) is 14.7 Å². The lowest BCUT2D eigenvalue weighted by Gasteiger charge is -2.37. The molecule has 9 heteroatoms. The van der Waals surface area contributed by atoms with Crippen molar-refractivity contribution in [3.8, 4) is 11.5 Å². The van der Waals surface area contributed by atoms with E-state index in [0.29, 0.717) is 30.1 Å². The highest BCUT2D eigenvalue weighted by molar-refractivity contribution is 8.16. The highest BCUT2D eigenvalue weighted by atomic mass is 32.2. The monoisotopic (exact) mass is 518 g/mol. The van der Waals surface area contributed by atoms with Crippen molar-refractivity contribution in [3.63, 3.8) is 0 Å². The molecule has 1 saturated heterocycles. The van der Waals surface area contributed by atoms with Crippen LogP contribution in [0.3, 0.4) is 0 Å². The van der Waals surface area contributed by atoms with Crippen molar-refractivity contribution >= 4 is 28.8 Å². The number of allylic oxidation sites excluding steroid dienone is 1. The molecular formula is C28H30N4O4S. The molecule has 1 amide bonds. The summed E-state index contributed by atoms with van der Waals surface area (Å²) in [6, 6.07) is 16.7. The number of methoxy groups -OCH3 is 1. The summed E-state index contributed by atoms with van der Waals surface area (Å²) in [5.74, 6) is 1.01. The van der Waals surface area contributed by atoms with Gasteiger partial charge in [-0.1, -0.05) is 42.1 Å². The minimum Gasteiger partial charge on any atom is -0.466 e. The average molecular weight is 519 g/mol. The molecule has 2 aromatic carbocycles. The number of rotatable bonds is 6. The van der Waals surface area contributed by atoms with E-state index in [1.807, 2.05) is 76.7 Å². The van der Waals surface area contributed by atoms with Gasteiger partial charge in [0.1, 0.15) is 11.5 Å². The Morgan fingerprint density at radius 3 is 2.49 bits per heavy atom. The highest BCUT2D eigenvalue weighted by Crippen LogP contribution is 2.45. The molecule has 8 nitrogen and oxygen atoms in total. The Balaban J connectivity index is 1.47. The van der Waals surface area contributed by atoms with Gasteiger partial charge in [-0.25, -0.2) is 9.79 Å². The fourth-order valence-corrected chi connectivity index (χ4v) is 5.72. The van der Waals surface area contributed by atoms with Gasteiger partial charge in [0, 0.05) is 31.9 Å². The fourth-order valence-electron chi connectivity index (χ4n) is 4.75. The van der Waals surface area contributed by atoms with Crippen LogP contribution < -0.4 is 4.74 Å². The summed E-state index contributed by atoms with van der Waals surface area (Å²) in [6.07, 6.45) is 0.236. The molecule has 192 valence electrons. The Labute approximate surface area is 221 Å². The van der Waals surface area contributed by atoms with Crippen molar-refractivity contribution in [1.29, 1.82) is 0 Å². The van der Waals surface area contributed by atoms with E-state index >= 15 is 0 Å². The zero-order chi connectivity index (χ0) is 25.9. The molecule has 0 aromatic heterocycles. The Hall–Kier alpha value is -3.56. The maximum Gasteiger partial charge on any atom is 0.338 e. The standard InChI is InChI=1S/C28H30N4O4S/c1-19-25(27(34)35-3)26(20-8-7-11-23(16-20)36-22-9-5-4-6-10-22)32-21(18-37-28(32)29-19)17-24(33)31-14-12-30(2)13-15-31/h4-11,16,18,26H,12-15,17H2,1-3H3. The molecule has 0 N–H and O–H groups in total. The molecular weight excluding hydrogens is 488 g/mol. The molecule has 3 aliphatic rings. The lowest BCUT2D eigenvalue weighted by atomic mass is 9.93. The second-order valence-corrected chi connectivity index (χ2v) is 10.1. The maximum atomic E-state index is 13.2. The zero-order valence-corrected chi connectivity index (χ0v) is 22.0. The number of hydrogen-bond acceptors (Lipinski definition) is 8. The van der Waals surface area contributed by atoms with Crippen molar-refractivity contribution in [2.45, 2.75) is 19.4 Å². The van der Waals surface area contributed by atoms with Crippen molar-refractivity contribution in [2.24, 2.45) is 4.99 Å². The number of thioether (sulfide) groups is 1. The van der Waals surface area contributed by atoms with Gasteiger partial charge in [-0.05, 0) is 49.2 Å². The number of likely N-dealkylation sites (N-methyl/N-ethyl adjacent to an activating group) is 1. The Morgan fingerprint density at radius 1 is 1.03 bits per heavy atom. The molecule has 2 aromatic rings. The second kappa shape index (κ2) is 10.8. The van der Waals surface area contributed by atoms with E-state index in [-0.39, 0.29) is 12.3 Å². The van der Waals surface area contributed by atoms with Gasteiger partial charge in [-0.3, -0.25) is 4.79 Å². The number of piperazine rings is 1. The molecule has 1 unspecified atom stereocenters. The van der Waals surface area contributed by atoms with Gasteiger partial charge in [0.15, 0.2) is 5.17 Å². The largest absolute Gasteiger partial charge is 0.466 e. The third kappa shape index (κ3) is 5.28. The van der Waals surface area contributed by atoms with Crippen molar-refractivity contribution in [2.75, 3.05) is 40.3 Å². The predicted octanol–water partition coefficient (Wildman–Crippen LogP) is 4.39. The summed E-state index contributed by atoms with van der Waals surface area (Å²) in [5.41, 5.74) is 2.72. The van der Waals surface area contributed by atoms with Gasteiger partial charge in [0.05, 0.1) is 30.8 Å². The summed E-state index contributed by atoms with van der Waals surface area (Å²) in [6.45, 7) is 4.97. The van der Waals surface area contributed by atoms with E-state index in [0.717, 1.165) is 35.3 Å². The number of ether oxygens (including phenoxy) is 2. The number of benzene rings is 2. The van der Waals surface area contributed by atoms with Crippen LogP contribution >= 0.6 is 11.8 Å². The molecule has 0 aliphatic carbocycles. The number of fused-ring (bicyclic) bond motifs is 1. The zero-order valence-electron chi connectivity index (χ0n) is 21.2. The van der Waals surface area contributed by atoms with Crippen LogP contribution in [0.25, 0.3) is 0 Å². The average Bonchev–Trinajstić information content (AvgIpc) is 3.30. The number of esters is 1. The van der Waals surface area contributed by atoms with E-state index in [9.17, 15) is 9.59 Å². The van der Waals surface area contributed by atoms with Crippen molar-refractivity contribution in [3.05, 3.63) is 82.5 Å². The molecule has 1 fully saturated rings. The molecule has 37 heavy (non-hydrogen) atoms. The van der Waals surface area contributed by atoms with Gasteiger partial charge < -0.3 is 24.2 Å². The van der Waals surface area contributed by atoms with E-state index in [4.69, 9.17) is 14.5 Å². The molecule has 0 radical (unpaired) electrons. The molecule has 1 atom stereocenters. The third-order valence-corrected chi connectivity index (χ3v) is 7.64. The van der Waals surface area contributed by atoms with Crippen molar-refractivity contribution < 1.29 is 19.1 Å². The van der Waals surface area contributed by atoms with Crippen LogP contribution in [0.5, 0.6) is 11.5 Å². The smallest absolute Gasteiger partial charge is 0.338 e. The fraction of sp³-hybridized carbons (Fsp3) is 0.321. The van der Waals surface area contributed by atoms with E-state index in [2.05, 4.69) is 11.9 Å². The number of nitrogens with zero attached hydrogens (tertiary/aromatic N) is 4. The summed E-state index contributed by atoms with van der Waals surface area (Å²) < 4.78 is 11.3. The van der Waals surface area contributed by atoms with Crippen LogP contribution in [0.15, 0.2) is 82.0 Å². The van der Waals surface area contributed by atoms with Crippen LogP contribution in [0.2, 0.25) is 0 Å². The van der Waals surface area contributed by atoms with Crippen LogP contribution in [0.1, 0.15) is 24.9 Å². The van der Waals surface area contributed by atoms with Crippen LogP contribution in [0.4, 0.5) is 0 Å². The third-order valence-electron chi connectivity index (χ3n) is 6.75. The SMILES string of the molecule is COC(=O)C1=C(C)N=C2SC=C(CC(=O)N3CCN(C)CC3)N2C1c1cccc(Oc2ccccc2)c1. The molecule has 5 rings (SSSR count). The summed E-state index contributed by atoms with van der Waals surface area (Å²) in [5, 5.41) is 2.71. The quantitative estimate of drug-likeness (QED) is 0.525. The molecule has 3 aliphatic heterocycles. The first-order valence-electron chi connectivity index (χ1n) is 12.3. The number of aliphatic imine (C=N–C) groups is 1. The van der Waals surface area contributed by atoms with Gasteiger partial charge in [-0.15, -0.1) is 0 Å². The number of amidine groups is 1. The minimum absolute atomic E-state index is 0.0759. The van der Waals surface area contributed by atoms with Gasteiger partial charge >= 0.3 is 5.97 Å². The first-order chi connectivity index (χ1) is 17.9. The van der Waals surface area contributed by atoms with Gasteiger partial charge in [0.25, 0.3) is 0 Å². The molecule has 0 spiro atoms. The molecule has 0 saturated carbocycles. The number of amides is 1.